The molecule has 4 atom stereocenters. The second kappa shape index (κ2) is 5.29. The summed E-state index contributed by atoms with van der Waals surface area (Å²) in [6.07, 6.45) is 4.50. The molecule has 1 aromatic rings. The fourth-order valence-corrected chi connectivity index (χ4v) is 3.44. The normalized spacial score (nSPS) is 28.5. The Hall–Kier alpha value is -2.63. The summed E-state index contributed by atoms with van der Waals surface area (Å²) in [6, 6.07) is 5.79. The van der Waals surface area contributed by atoms with Crippen LogP contribution in [0.2, 0.25) is 0 Å². The largest absolute Gasteiger partial charge is 0.481 e. The number of aliphatic carboxylic acids is 1. The van der Waals surface area contributed by atoms with Gasteiger partial charge < -0.3 is 15.5 Å². The number of amides is 1. The maximum absolute atomic E-state index is 12.4. The van der Waals surface area contributed by atoms with Crippen LogP contribution in [0.4, 0.5) is 5.69 Å². The molecule has 2 aliphatic carbocycles. The van der Waals surface area contributed by atoms with Crippen molar-refractivity contribution >= 4 is 23.5 Å². The molecule has 0 radical (unpaired) electrons. The van der Waals surface area contributed by atoms with Crippen LogP contribution in [-0.4, -0.2) is 28.1 Å². The van der Waals surface area contributed by atoms with Gasteiger partial charge in [0.15, 0.2) is 0 Å². The topological polar surface area (TPSA) is 104 Å². The van der Waals surface area contributed by atoms with Crippen LogP contribution in [0.1, 0.15) is 16.8 Å². The van der Waals surface area contributed by atoms with E-state index in [0.29, 0.717) is 12.1 Å². The van der Waals surface area contributed by atoms with Crippen LogP contribution >= 0.6 is 0 Å². The van der Waals surface area contributed by atoms with Crippen molar-refractivity contribution in [1.29, 1.82) is 0 Å². The number of carboxylic acid groups (broad SMARTS) is 2. The minimum atomic E-state index is -1.04. The van der Waals surface area contributed by atoms with E-state index in [4.69, 9.17) is 5.11 Å². The Balaban J connectivity index is 1.75. The van der Waals surface area contributed by atoms with Crippen molar-refractivity contribution in [2.75, 3.05) is 5.32 Å². The van der Waals surface area contributed by atoms with Crippen LogP contribution in [0.5, 0.6) is 0 Å². The van der Waals surface area contributed by atoms with E-state index >= 15 is 0 Å². The highest BCUT2D eigenvalue weighted by Gasteiger charge is 2.51. The molecule has 2 aliphatic rings. The number of fused-ring (bicyclic) bond motifs is 2. The molecule has 0 unspecified atom stereocenters. The molecule has 0 aliphatic heterocycles. The average Bonchev–Trinajstić information content (AvgIpc) is 3.08. The number of anilines is 1. The van der Waals surface area contributed by atoms with Gasteiger partial charge in [0.1, 0.15) is 0 Å². The van der Waals surface area contributed by atoms with Gasteiger partial charge in [-0.05, 0) is 42.5 Å². The lowest BCUT2D eigenvalue weighted by molar-refractivity contribution is -0.146. The molecule has 1 amide bonds. The predicted molar refractivity (Wildman–Crippen MR) is 77.4 cm³/mol. The van der Waals surface area contributed by atoms with Crippen LogP contribution in [0.25, 0.3) is 0 Å². The van der Waals surface area contributed by atoms with Crippen LogP contribution in [0, 0.1) is 23.7 Å². The number of rotatable bonds is 4. The van der Waals surface area contributed by atoms with E-state index in [1.165, 1.54) is 24.3 Å². The van der Waals surface area contributed by atoms with Gasteiger partial charge in [0.2, 0.25) is 5.91 Å². The maximum atomic E-state index is 12.4. The molecule has 114 valence electrons. The number of allylic oxidation sites excluding steroid dienone is 2. The van der Waals surface area contributed by atoms with Crippen LogP contribution < -0.4 is 5.32 Å². The minimum absolute atomic E-state index is 0.0376. The predicted octanol–water partition coefficient (Wildman–Crippen LogP) is 1.85. The third-order valence-corrected chi connectivity index (χ3v) is 4.45. The van der Waals surface area contributed by atoms with Gasteiger partial charge in [0.05, 0.1) is 17.4 Å². The summed E-state index contributed by atoms with van der Waals surface area (Å²) in [5.41, 5.74) is 0.593. The Kier molecular flexibility index (Phi) is 3.44. The van der Waals surface area contributed by atoms with Crippen molar-refractivity contribution in [2.24, 2.45) is 23.7 Å². The molecule has 0 heterocycles. The number of nitrogens with one attached hydrogen (secondary N) is 1. The van der Waals surface area contributed by atoms with E-state index in [2.05, 4.69) is 5.32 Å². The first-order valence-corrected chi connectivity index (χ1v) is 7.02. The molecule has 3 rings (SSSR count). The number of benzene rings is 1. The van der Waals surface area contributed by atoms with Gasteiger partial charge in [0, 0.05) is 5.69 Å². The number of carboxylic acids is 2. The van der Waals surface area contributed by atoms with Gasteiger partial charge in [-0.2, -0.15) is 0 Å². The summed E-state index contributed by atoms with van der Waals surface area (Å²) in [6.45, 7) is 0. The fraction of sp³-hybridized carbons (Fsp3) is 0.312. The van der Waals surface area contributed by atoms with Gasteiger partial charge in [-0.15, -0.1) is 0 Å². The number of hydrogen-bond acceptors (Lipinski definition) is 3. The van der Waals surface area contributed by atoms with E-state index in [-0.39, 0.29) is 23.3 Å². The average molecular weight is 301 g/mol. The van der Waals surface area contributed by atoms with Gasteiger partial charge in [0.25, 0.3) is 0 Å². The van der Waals surface area contributed by atoms with Crippen LogP contribution in [0.15, 0.2) is 36.4 Å². The summed E-state index contributed by atoms with van der Waals surface area (Å²) < 4.78 is 0. The molecule has 1 saturated carbocycles. The first-order chi connectivity index (χ1) is 10.5. The third kappa shape index (κ3) is 2.36. The van der Waals surface area contributed by atoms with Gasteiger partial charge in [-0.1, -0.05) is 12.2 Å². The number of carbonyl (C=O) groups excluding carboxylic acids is 1. The second-order valence-electron chi connectivity index (χ2n) is 5.71. The monoisotopic (exact) mass is 301 g/mol. The highest BCUT2D eigenvalue weighted by atomic mass is 16.4. The summed E-state index contributed by atoms with van der Waals surface area (Å²) >= 11 is 0. The Labute approximate surface area is 126 Å². The fourth-order valence-electron chi connectivity index (χ4n) is 3.44. The first-order valence-electron chi connectivity index (χ1n) is 7.02. The highest BCUT2D eigenvalue weighted by Crippen LogP contribution is 2.48. The number of aromatic carboxylic acids is 1. The molecule has 6 nitrogen and oxygen atoms in total. The zero-order chi connectivity index (χ0) is 15.9. The van der Waals surface area contributed by atoms with Crippen LogP contribution in [0.3, 0.4) is 0 Å². The third-order valence-electron chi connectivity index (χ3n) is 4.45. The van der Waals surface area contributed by atoms with Gasteiger partial charge >= 0.3 is 11.9 Å². The standard InChI is InChI=1S/C16H15NO5/c18-14(17-11-5-3-8(4-6-11)15(19)20)12-9-1-2-10(7-9)13(12)16(21)22/h1-6,9-10,12-13H,7H2,(H,17,18)(H,19,20)(H,21,22)/t9-,10-,12-,13+/m0/s1. The number of carbonyl (C=O) groups is 3. The Morgan fingerprint density at radius 2 is 1.55 bits per heavy atom. The molecule has 0 saturated heterocycles. The Bertz CT molecular complexity index is 664. The van der Waals surface area contributed by atoms with Crippen molar-refractivity contribution in [1.82, 2.24) is 0 Å². The van der Waals surface area contributed by atoms with E-state index in [1.54, 1.807) is 0 Å². The van der Waals surface area contributed by atoms with E-state index in [1.807, 2.05) is 12.2 Å². The quantitative estimate of drug-likeness (QED) is 0.736. The Morgan fingerprint density at radius 3 is 2.09 bits per heavy atom. The first kappa shape index (κ1) is 14.3. The zero-order valence-corrected chi connectivity index (χ0v) is 11.6. The molecule has 0 spiro atoms. The summed E-state index contributed by atoms with van der Waals surface area (Å²) in [4.78, 5) is 34.6. The van der Waals surface area contributed by atoms with Crippen molar-refractivity contribution in [3.05, 3.63) is 42.0 Å². The van der Waals surface area contributed by atoms with Crippen molar-refractivity contribution in [3.63, 3.8) is 0 Å². The lowest BCUT2D eigenvalue weighted by Crippen LogP contribution is -2.36. The number of hydrogen-bond donors (Lipinski definition) is 3. The van der Waals surface area contributed by atoms with Crippen LogP contribution in [-0.2, 0) is 9.59 Å². The highest BCUT2D eigenvalue weighted by molar-refractivity contribution is 5.97. The molecule has 22 heavy (non-hydrogen) atoms. The van der Waals surface area contributed by atoms with Gasteiger partial charge in [-0.25, -0.2) is 4.79 Å². The van der Waals surface area contributed by atoms with Crippen molar-refractivity contribution in [2.45, 2.75) is 6.42 Å². The molecular weight excluding hydrogens is 286 g/mol. The summed E-state index contributed by atoms with van der Waals surface area (Å²) in [5, 5.41) is 20.9. The SMILES string of the molecule is O=C(O)c1ccc(NC(=O)[C@@H]2[C@H](C(=O)O)[C@H]3C=C[C@H]2C3)cc1. The zero-order valence-electron chi connectivity index (χ0n) is 11.6. The van der Waals surface area contributed by atoms with Crippen molar-refractivity contribution in [3.8, 4) is 0 Å². The lowest BCUT2D eigenvalue weighted by atomic mass is 9.82. The Morgan fingerprint density at radius 1 is 0.955 bits per heavy atom. The smallest absolute Gasteiger partial charge is 0.335 e. The van der Waals surface area contributed by atoms with E-state index < -0.39 is 23.8 Å². The maximum Gasteiger partial charge on any atom is 0.335 e. The van der Waals surface area contributed by atoms with Gasteiger partial charge in [-0.3, -0.25) is 9.59 Å². The minimum Gasteiger partial charge on any atom is -0.481 e. The lowest BCUT2D eigenvalue weighted by Gasteiger charge is -2.23. The molecule has 1 fully saturated rings. The summed E-state index contributed by atoms with van der Waals surface area (Å²) in [5.74, 6) is -3.69. The second-order valence-corrected chi connectivity index (χ2v) is 5.71. The molecule has 3 N–H and O–H groups in total. The van der Waals surface area contributed by atoms with Crippen molar-refractivity contribution < 1.29 is 24.6 Å². The van der Waals surface area contributed by atoms with E-state index in [0.717, 1.165) is 0 Å². The summed E-state index contributed by atoms with van der Waals surface area (Å²) in [7, 11) is 0. The molecular formula is C16H15NO5. The van der Waals surface area contributed by atoms with E-state index in [9.17, 15) is 19.5 Å². The molecule has 1 aromatic carbocycles. The molecule has 2 bridgehead atoms. The molecule has 0 aromatic heterocycles. The molecule has 6 heteroatoms.